The van der Waals surface area contributed by atoms with E-state index in [4.69, 9.17) is 0 Å². The van der Waals surface area contributed by atoms with Crippen molar-refractivity contribution in [2.45, 2.75) is 11.7 Å². The van der Waals surface area contributed by atoms with Crippen LogP contribution in [-0.4, -0.2) is 38.8 Å². The minimum Gasteiger partial charge on any atom is -0.508 e. The van der Waals surface area contributed by atoms with Crippen LogP contribution in [0.4, 0.5) is 11.4 Å². The molecule has 2 aromatic rings. The number of anilines is 1. The van der Waals surface area contributed by atoms with Gasteiger partial charge in [0.2, 0.25) is 11.8 Å². The molecule has 2 N–H and O–H groups in total. The first-order chi connectivity index (χ1) is 13.5. The normalized spacial score (nSPS) is 17.8. The lowest BCUT2D eigenvalue weighted by molar-refractivity contribution is -0.127. The summed E-state index contributed by atoms with van der Waals surface area (Å²) in [7, 11) is 0. The number of rotatable bonds is 6. The number of hydrogen-bond acceptors (Lipinski definition) is 5. The third-order valence-corrected chi connectivity index (χ3v) is 5.61. The third kappa shape index (κ3) is 5.02. The zero-order valence-electron chi connectivity index (χ0n) is 14.8. The molecule has 28 heavy (non-hydrogen) atoms. The molecule has 144 valence electrons. The van der Waals surface area contributed by atoms with Gasteiger partial charge in [-0.3, -0.25) is 14.5 Å². The van der Waals surface area contributed by atoms with E-state index in [0.717, 1.165) is 4.47 Å². The van der Waals surface area contributed by atoms with Crippen LogP contribution in [0.2, 0.25) is 0 Å². The molecular formula is C20H18BrN3O3S. The van der Waals surface area contributed by atoms with Gasteiger partial charge in [0.15, 0.2) is 5.17 Å². The molecule has 0 aromatic heterocycles. The summed E-state index contributed by atoms with van der Waals surface area (Å²) >= 11 is 4.60. The first-order valence-corrected chi connectivity index (χ1v) is 10.2. The fourth-order valence-corrected chi connectivity index (χ4v) is 4.00. The molecule has 2 amide bonds. The molecule has 0 bridgehead atoms. The first kappa shape index (κ1) is 20.2. The van der Waals surface area contributed by atoms with E-state index < -0.39 is 5.25 Å². The minimum absolute atomic E-state index is 0.0435. The monoisotopic (exact) mass is 459 g/mol. The van der Waals surface area contributed by atoms with Crippen LogP contribution in [-0.2, 0) is 9.59 Å². The number of benzene rings is 2. The van der Waals surface area contributed by atoms with Crippen molar-refractivity contribution < 1.29 is 14.7 Å². The summed E-state index contributed by atoms with van der Waals surface area (Å²) in [5, 5.41) is 12.2. The van der Waals surface area contributed by atoms with Gasteiger partial charge in [0, 0.05) is 23.1 Å². The molecule has 0 saturated carbocycles. The van der Waals surface area contributed by atoms with Crippen LogP contribution < -0.4 is 5.32 Å². The van der Waals surface area contributed by atoms with E-state index in [0.29, 0.717) is 23.1 Å². The highest BCUT2D eigenvalue weighted by Crippen LogP contribution is 2.32. The van der Waals surface area contributed by atoms with Crippen molar-refractivity contribution >= 4 is 56.0 Å². The van der Waals surface area contributed by atoms with Crippen molar-refractivity contribution in [1.29, 1.82) is 0 Å². The topological polar surface area (TPSA) is 82.0 Å². The number of aromatic hydroxyl groups is 1. The van der Waals surface area contributed by atoms with E-state index in [-0.39, 0.29) is 24.0 Å². The Morgan fingerprint density at radius 3 is 2.57 bits per heavy atom. The quantitative estimate of drug-likeness (QED) is 0.630. The Morgan fingerprint density at radius 1 is 1.25 bits per heavy atom. The van der Waals surface area contributed by atoms with E-state index in [1.165, 1.54) is 28.8 Å². The number of hydrogen-bond donors (Lipinski definition) is 2. The second-order valence-electron chi connectivity index (χ2n) is 6.01. The van der Waals surface area contributed by atoms with Crippen molar-refractivity contribution in [3.05, 3.63) is 65.7 Å². The van der Waals surface area contributed by atoms with Gasteiger partial charge in [-0.05, 0) is 48.5 Å². The Hall–Kier alpha value is -2.58. The van der Waals surface area contributed by atoms with E-state index in [1.54, 1.807) is 30.3 Å². The molecule has 0 radical (unpaired) electrons. The average Bonchev–Trinajstić information content (AvgIpc) is 2.94. The molecule has 1 saturated heterocycles. The van der Waals surface area contributed by atoms with Gasteiger partial charge in [0.05, 0.1) is 5.69 Å². The number of carbonyl (C=O) groups excluding carboxylic acids is 2. The number of nitrogens with one attached hydrogen (secondary N) is 1. The maximum absolute atomic E-state index is 12.7. The SMILES string of the molecule is C=CCN1C(=O)[C@H](CC(=O)Nc2ccc(Br)cc2)SC1=Nc1ccc(O)cc1. The summed E-state index contributed by atoms with van der Waals surface area (Å²) in [6.07, 6.45) is 1.66. The number of nitrogens with zero attached hydrogens (tertiary/aromatic N) is 2. The van der Waals surface area contributed by atoms with Crippen LogP contribution in [0.1, 0.15) is 6.42 Å². The number of phenols is 1. The molecule has 1 atom stereocenters. The zero-order chi connectivity index (χ0) is 20.1. The smallest absolute Gasteiger partial charge is 0.242 e. The van der Waals surface area contributed by atoms with Gasteiger partial charge in [0.25, 0.3) is 0 Å². The molecule has 8 heteroatoms. The van der Waals surface area contributed by atoms with Crippen molar-refractivity contribution in [3.8, 4) is 5.75 Å². The number of aliphatic imine (C=N–C) groups is 1. The van der Waals surface area contributed by atoms with E-state index in [1.807, 2.05) is 12.1 Å². The fourth-order valence-electron chi connectivity index (χ4n) is 2.57. The summed E-state index contributed by atoms with van der Waals surface area (Å²) in [5.74, 6) is -0.268. The van der Waals surface area contributed by atoms with Crippen molar-refractivity contribution in [2.75, 3.05) is 11.9 Å². The van der Waals surface area contributed by atoms with Gasteiger partial charge in [0.1, 0.15) is 11.0 Å². The molecule has 0 aliphatic carbocycles. The van der Waals surface area contributed by atoms with Crippen LogP contribution in [0.15, 0.2) is 70.7 Å². The summed E-state index contributed by atoms with van der Waals surface area (Å²) < 4.78 is 0.919. The average molecular weight is 460 g/mol. The molecule has 0 spiro atoms. The van der Waals surface area contributed by atoms with Crippen molar-refractivity contribution in [2.24, 2.45) is 4.99 Å². The van der Waals surface area contributed by atoms with Gasteiger partial charge in [-0.25, -0.2) is 4.99 Å². The maximum atomic E-state index is 12.7. The van der Waals surface area contributed by atoms with E-state index in [2.05, 4.69) is 32.8 Å². The molecule has 1 aliphatic rings. The largest absolute Gasteiger partial charge is 0.508 e. The number of thioether (sulfide) groups is 1. The Morgan fingerprint density at radius 2 is 1.93 bits per heavy atom. The first-order valence-electron chi connectivity index (χ1n) is 8.48. The van der Waals surface area contributed by atoms with Gasteiger partial charge >= 0.3 is 0 Å². The Balaban J connectivity index is 1.72. The minimum atomic E-state index is -0.550. The second-order valence-corrected chi connectivity index (χ2v) is 8.10. The molecule has 1 aliphatic heterocycles. The number of phenolic OH excluding ortho intramolecular Hbond substituents is 1. The molecule has 2 aromatic carbocycles. The highest BCUT2D eigenvalue weighted by atomic mass is 79.9. The van der Waals surface area contributed by atoms with E-state index in [9.17, 15) is 14.7 Å². The Labute approximate surface area is 175 Å². The van der Waals surface area contributed by atoms with Gasteiger partial charge in [-0.2, -0.15) is 0 Å². The predicted molar refractivity (Wildman–Crippen MR) is 116 cm³/mol. The van der Waals surface area contributed by atoms with Crippen molar-refractivity contribution in [1.82, 2.24) is 4.90 Å². The standard InChI is InChI=1S/C20H18BrN3O3S/c1-2-11-24-19(27)17(12-18(26)22-14-5-3-13(21)4-6-14)28-20(24)23-15-7-9-16(25)10-8-15/h2-10,17,25H,1,11-12H2,(H,22,26)/t17-/m0/s1. The summed E-state index contributed by atoms with van der Waals surface area (Å²) in [4.78, 5) is 31.1. The molecule has 1 fully saturated rings. The molecule has 0 unspecified atom stereocenters. The lowest BCUT2D eigenvalue weighted by atomic mass is 10.2. The maximum Gasteiger partial charge on any atom is 0.242 e. The van der Waals surface area contributed by atoms with Gasteiger partial charge < -0.3 is 10.4 Å². The van der Waals surface area contributed by atoms with Crippen LogP contribution >= 0.6 is 27.7 Å². The summed E-state index contributed by atoms with van der Waals surface area (Å²) in [6, 6.07) is 13.6. The summed E-state index contributed by atoms with van der Waals surface area (Å²) in [6.45, 7) is 4.00. The zero-order valence-corrected chi connectivity index (χ0v) is 17.2. The molecule has 3 rings (SSSR count). The summed E-state index contributed by atoms with van der Waals surface area (Å²) in [5.41, 5.74) is 1.28. The predicted octanol–water partition coefficient (Wildman–Crippen LogP) is 4.30. The molecule has 6 nitrogen and oxygen atoms in total. The number of halogens is 1. The number of amides is 2. The van der Waals surface area contributed by atoms with Crippen LogP contribution in [0.5, 0.6) is 5.75 Å². The van der Waals surface area contributed by atoms with Crippen LogP contribution in [0.3, 0.4) is 0 Å². The van der Waals surface area contributed by atoms with Crippen molar-refractivity contribution in [3.63, 3.8) is 0 Å². The highest BCUT2D eigenvalue weighted by Gasteiger charge is 2.38. The lowest BCUT2D eigenvalue weighted by Crippen LogP contribution is -2.33. The number of carbonyl (C=O) groups is 2. The Kier molecular flexibility index (Phi) is 6.53. The Bertz CT molecular complexity index is 913. The molecule has 1 heterocycles. The fraction of sp³-hybridized carbons (Fsp3) is 0.150. The second kappa shape index (κ2) is 9.07. The number of amidine groups is 1. The van der Waals surface area contributed by atoms with Gasteiger partial charge in [-0.1, -0.05) is 33.8 Å². The van der Waals surface area contributed by atoms with Crippen LogP contribution in [0.25, 0.3) is 0 Å². The van der Waals surface area contributed by atoms with Gasteiger partial charge in [-0.15, -0.1) is 6.58 Å². The lowest BCUT2D eigenvalue weighted by Gasteiger charge is -2.13. The van der Waals surface area contributed by atoms with Crippen LogP contribution in [0, 0.1) is 0 Å². The highest BCUT2D eigenvalue weighted by molar-refractivity contribution is 9.10. The molecular weight excluding hydrogens is 442 g/mol. The third-order valence-electron chi connectivity index (χ3n) is 3.90. The van der Waals surface area contributed by atoms with E-state index >= 15 is 0 Å².